The van der Waals surface area contributed by atoms with E-state index in [9.17, 15) is 13.2 Å². The van der Waals surface area contributed by atoms with Crippen molar-refractivity contribution in [2.24, 2.45) is 0 Å². The monoisotopic (exact) mass is 350 g/mol. The van der Waals surface area contributed by atoms with Crippen LogP contribution in [0.3, 0.4) is 0 Å². The van der Waals surface area contributed by atoms with Crippen LogP contribution in [-0.2, 0) is 12.6 Å². The van der Waals surface area contributed by atoms with E-state index in [2.05, 4.69) is 15.3 Å². The Kier molecular flexibility index (Phi) is 3.18. The molecular formula is C16H13F3N4O2. The zero-order chi connectivity index (χ0) is 17.8. The van der Waals surface area contributed by atoms with Crippen molar-refractivity contribution in [1.82, 2.24) is 19.8 Å². The predicted octanol–water partition coefficient (Wildman–Crippen LogP) is 3.65. The van der Waals surface area contributed by atoms with Crippen LogP contribution in [0.4, 0.5) is 13.2 Å². The van der Waals surface area contributed by atoms with Gasteiger partial charge in [0.2, 0.25) is 5.88 Å². The van der Waals surface area contributed by atoms with Gasteiger partial charge in [-0.2, -0.15) is 17.7 Å². The van der Waals surface area contributed by atoms with E-state index in [0.717, 1.165) is 12.0 Å². The molecule has 4 rings (SSSR count). The molecule has 0 aliphatic carbocycles. The average molecular weight is 350 g/mol. The molecule has 25 heavy (non-hydrogen) atoms. The summed E-state index contributed by atoms with van der Waals surface area (Å²) in [7, 11) is 0. The number of hydrogen-bond acceptors (Lipinski definition) is 5. The number of nitrogens with zero attached hydrogens (tertiary/aromatic N) is 4. The van der Waals surface area contributed by atoms with Crippen LogP contribution in [0.15, 0.2) is 30.3 Å². The molecule has 3 aromatic rings. The maximum Gasteiger partial charge on any atom is 0.453 e. The van der Waals surface area contributed by atoms with Crippen molar-refractivity contribution < 1.29 is 22.6 Å². The summed E-state index contributed by atoms with van der Waals surface area (Å²) in [6.07, 6.45) is -3.94. The fourth-order valence-electron chi connectivity index (χ4n) is 2.78. The lowest BCUT2D eigenvalue weighted by Gasteiger charge is -2.18. The molecule has 0 atom stereocenters. The Balaban J connectivity index is 1.72. The second kappa shape index (κ2) is 5.08. The summed E-state index contributed by atoms with van der Waals surface area (Å²) in [5, 5.41) is 10.4. The van der Waals surface area contributed by atoms with Gasteiger partial charge in [-0.25, -0.2) is 0 Å². The molecule has 0 spiro atoms. The SMILES string of the molecule is CC1(C)Cc2cccc(Oc3ccc4nnc(C(F)(F)F)n4n3)c2O1. The Morgan fingerprint density at radius 1 is 1.16 bits per heavy atom. The Morgan fingerprint density at radius 2 is 1.96 bits per heavy atom. The molecule has 0 fully saturated rings. The van der Waals surface area contributed by atoms with E-state index in [4.69, 9.17) is 9.47 Å². The van der Waals surface area contributed by atoms with Crippen LogP contribution in [0.5, 0.6) is 17.4 Å². The first-order valence-corrected chi connectivity index (χ1v) is 7.51. The van der Waals surface area contributed by atoms with E-state index in [1.54, 1.807) is 12.1 Å². The minimum Gasteiger partial charge on any atom is -0.483 e. The molecule has 0 saturated carbocycles. The smallest absolute Gasteiger partial charge is 0.453 e. The quantitative estimate of drug-likeness (QED) is 0.706. The summed E-state index contributed by atoms with van der Waals surface area (Å²) < 4.78 is 51.0. The molecule has 9 heteroatoms. The van der Waals surface area contributed by atoms with Gasteiger partial charge in [0.25, 0.3) is 5.82 Å². The summed E-state index contributed by atoms with van der Waals surface area (Å²) in [5.41, 5.74) is 0.593. The highest BCUT2D eigenvalue weighted by atomic mass is 19.4. The van der Waals surface area contributed by atoms with E-state index in [1.165, 1.54) is 12.1 Å². The molecule has 1 aliphatic heterocycles. The van der Waals surface area contributed by atoms with Gasteiger partial charge >= 0.3 is 6.18 Å². The number of halogens is 3. The van der Waals surface area contributed by atoms with Gasteiger partial charge in [0, 0.05) is 18.1 Å². The number of benzene rings is 1. The van der Waals surface area contributed by atoms with Crippen LogP contribution in [-0.4, -0.2) is 25.4 Å². The molecule has 1 aliphatic rings. The van der Waals surface area contributed by atoms with Crippen molar-refractivity contribution in [3.8, 4) is 17.4 Å². The Hall–Kier alpha value is -2.84. The molecule has 130 valence electrons. The van der Waals surface area contributed by atoms with Gasteiger partial charge < -0.3 is 9.47 Å². The topological polar surface area (TPSA) is 61.5 Å². The Morgan fingerprint density at radius 3 is 2.72 bits per heavy atom. The van der Waals surface area contributed by atoms with E-state index in [-0.39, 0.29) is 17.1 Å². The molecule has 1 aromatic carbocycles. The fraction of sp³-hybridized carbons (Fsp3) is 0.312. The highest BCUT2D eigenvalue weighted by Gasteiger charge is 2.38. The van der Waals surface area contributed by atoms with Crippen LogP contribution in [0.1, 0.15) is 25.2 Å². The summed E-state index contributed by atoms with van der Waals surface area (Å²) in [5.74, 6) is -0.242. The highest BCUT2D eigenvalue weighted by molar-refractivity contribution is 5.51. The molecule has 2 aromatic heterocycles. The minimum absolute atomic E-state index is 0.0143. The normalized spacial score (nSPS) is 15.9. The Bertz CT molecular complexity index is 966. The fourth-order valence-corrected chi connectivity index (χ4v) is 2.78. The molecule has 0 bridgehead atoms. The standard InChI is InChI=1S/C16H13F3N4O2/c1-15(2)8-9-4-3-5-10(13(9)25-15)24-12-7-6-11-20-21-14(16(17,18)19)23(11)22-12/h3-7H,8H2,1-2H3. The van der Waals surface area contributed by atoms with Crippen molar-refractivity contribution >= 4 is 5.65 Å². The first-order valence-electron chi connectivity index (χ1n) is 7.51. The van der Waals surface area contributed by atoms with Crippen LogP contribution in [0, 0.1) is 0 Å². The highest BCUT2D eigenvalue weighted by Crippen LogP contribution is 2.43. The number of alkyl halides is 3. The van der Waals surface area contributed by atoms with Gasteiger partial charge in [-0.1, -0.05) is 12.1 Å². The molecule has 0 saturated heterocycles. The molecule has 0 amide bonds. The predicted molar refractivity (Wildman–Crippen MR) is 80.7 cm³/mol. The third-order valence-corrected chi connectivity index (χ3v) is 3.76. The largest absolute Gasteiger partial charge is 0.483 e. The zero-order valence-corrected chi connectivity index (χ0v) is 13.3. The second-order valence-corrected chi connectivity index (χ2v) is 6.35. The number of para-hydroxylation sites is 1. The lowest BCUT2D eigenvalue weighted by Crippen LogP contribution is -2.24. The van der Waals surface area contributed by atoms with Gasteiger partial charge in [0.05, 0.1) is 0 Å². The second-order valence-electron chi connectivity index (χ2n) is 6.35. The zero-order valence-electron chi connectivity index (χ0n) is 13.3. The van der Waals surface area contributed by atoms with E-state index < -0.39 is 12.0 Å². The summed E-state index contributed by atoms with van der Waals surface area (Å²) in [6.45, 7) is 3.90. The Labute approximate surface area is 140 Å². The first kappa shape index (κ1) is 15.7. The van der Waals surface area contributed by atoms with Crippen molar-refractivity contribution in [2.75, 3.05) is 0 Å². The average Bonchev–Trinajstić information content (AvgIpc) is 3.06. The van der Waals surface area contributed by atoms with Crippen LogP contribution in [0.2, 0.25) is 0 Å². The molecule has 6 nitrogen and oxygen atoms in total. The molecule has 0 radical (unpaired) electrons. The molecule has 0 unspecified atom stereocenters. The van der Waals surface area contributed by atoms with E-state index in [0.29, 0.717) is 16.0 Å². The third kappa shape index (κ3) is 2.75. The minimum atomic E-state index is -4.66. The number of aromatic nitrogens is 4. The van der Waals surface area contributed by atoms with E-state index >= 15 is 0 Å². The summed E-state index contributed by atoms with van der Waals surface area (Å²) in [4.78, 5) is 0. The van der Waals surface area contributed by atoms with Gasteiger partial charge in [-0.05, 0) is 26.0 Å². The number of fused-ring (bicyclic) bond motifs is 2. The van der Waals surface area contributed by atoms with Crippen LogP contribution >= 0.6 is 0 Å². The number of rotatable bonds is 2. The van der Waals surface area contributed by atoms with Gasteiger partial charge in [-0.15, -0.1) is 15.3 Å². The maximum absolute atomic E-state index is 13.0. The van der Waals surface area contributed by atoms with E-state index in [1.807, 2.05) is 19.9 Å². The lowest BCUT2D eigenvalue weighted by atomic mass is 10.0. The van der Waals surface area contributed by atoms with Gasteiger partial charge in [0.1, 0.15) is 5.60 Å². The van der Waals surface area contributed by atoms with Crippen molar-refractivity contribution in [1.29, 1.82) is 0 Å². The summed E-state index contributed by atoms with van der Waals surface area (Å²) >= 11 is 0. The number of ether oxygens (including phenoxy) is 2. The maximum atomic E-state index is 13.0. The van der Waals surface area contributed by atoms with Crippen molar-refractivity contribution in [3.05, 3.63) is 41.7 Å². The molecular weight excluding hydrogens is 337 g/mol. The first-order chi connectivity index (χ1) is 11.7. The lowest BCUT2D eigenvalue weighted by molar-refractivity contribution is -0.146. The summed E-state index contributed by atoms with van der Waals surface area (Å²) in [6, 6.07) is 8.21. The number of hydrogen-bond donors (Lipinski definition) is 0. The van der Waals surface area contributed by atoms with Gasteiger partial charge in [-0.3, -0.25) is 0 Å². The molecule has 3 heterocycles. The van der Waals surface area contributed by atoms with Crippen molar-refractivity contribution in [2.45, 2.75) is 32.0 Å². The van der Waals surface area contributed by atoms with Crippen LogP contribution < -0.4 is 9.47 Å². The molecule has 0 N–H and O–H groups in total. The third-order valence-electron chi connectivity index (χ3n) is 3.76. The van der Waals surface area contributed by atoms with Crippen molar-refractivity contribution in [3.63, 3.8) is 0 Å². The van der Waals surface area contributed by atoms with Crippen LogP contribution in [0.25, 0.3) is 5.65 Å². The van der Waals surface area contributed by atoms with Gasteiger partial charge in [0.15, 0.2) is 17.1 Å².